The van der Waals surface area contributed by atoms with Crippen molar-refractivity contribution in [3.05, 3.63) is 23.3 Å². The van der Waals surface area contributed by atoms with Gasteiger partial charge in [-0.2, -0.15) is 0 Å². The van der Waals surface area contributed by atoms with Gasteiger partial charge in [-0.15, -0.1) is 0 Å². The van der Waals surface area contributed by atoms with Gasteiger partial charge in [0.05, 0.1) is 7.11 Å². The largest absolute Gasteiger partial charge is 0.504 e. The normalized spacial score (nSPS) is 10.4. The van der Waals surface area contributed by atoms with Gasteiger partial charge in [0, 0.05) is 0 Å². The Bertz CT molecular complexity index is 337. The number of phenolic OH excluding ortho intramolecular Hbond substituents is 1. The lowest BCUT2D eigenvalue weighted by Gasteiger charge is -2.11. The fraction of sp³-hybridized carbons (Fsp3) is 0.538. The van der Waals surface area contributed by atoms with E-state index in [-0.39, 0.29) is 5.75 Å². The summed E-state index contributed by atoms with van der Waals surface area (Å²) in [6.07, 6.45) is 3.78. The SMILES string of the molecule is CCc1cc(CCCCN)c(O)c(OC)c1. The maximum absolute atomic E-state index is 9.95. The van der Waals surface area contributed by atoms with E-state index < -0.39 is 0 Å². The molecule has 1 rings (SSSR count). The van der Waals surface area contributed by atoms with Crippen molar-refractivity contribution in [2.45, 2.75) is 32.6 Å². The predicted octanol–water partition coefficient (Wildman–Crippen LogP) is 2.24. The van der Waals surface area contributed by atoms with Crippen LogP contribution >= 0.6 is 0 Å². The number of aryl methyl sites for hydroxylation is 2. The van der Waals surface area contributed by atoms with Crippen LogP contribution in [0.2, 0.25) is 0 Å². The lowest BCUT2D eigenvalue weighted by molar-refractivity contribution is 0.369. The molecule has 0 saturated carbocycles. The Labute approximate surface area is 97.2 Å². The molecule has 0 aliphatic heterocycles. The van der Waals surface area contributed by atoms with E-state index in [1.807, 2.05) is 12.1 Å². The Morgan fingerprint density at radius 1 is 1.31 bits per heavy atom. The van der Waals surface area contributed by atoms with Crippen molar-refractivity contribution in [2.75, 3.05) is 13.7 Å². The minimum absolute atomic E-state index is 0.275. The Hall–Kier alpha value is -1.22. The van der Waals surface area contributed by atoms with Gasteiger partial charge in [-0.1, -0.05) is 13.0 Å². The lowest BCUT2D eigenvalue weighted by atomic mass is 10.0. The Morgan fingerprint density at radius 3 is 2.62 bits per heavy atom. The molecule has 0 bridgehead atoms. The lowest BCUT2D eigenvalue weighted by Crippen LogP contribution is -2.00. The first kappa shape index (κ1) is 12.8. The third kappa shape index (κ3) is 3.14. The quantitative estimate of drug-likeness (QED) is 0.727. The minimum Gasteiger partial charge on any atom is -0.504 e. The fourth-order valence-corrected chi connectivity index (χ4v) is 1.74. The zero-order chi connectivity index (χ0) is 12.0. The van der Waals surface area contributed by atoms with Gasteiger partial charge in [0.25, 0.3) is 0 Å². The van der Waals surface area contributed by atoms with Gasteiger partial charge in [-0.05, 0) is 49.4 Å². The highest BCUT2D eigenvalue weighted by Crippen LogP contribution is 2.32. The molecule has 90 valence electrons. The van der Waals surface area contributed by atoms with E-state index in [1.165, 1.54) is 5.56 Å². The summed E-state index contributed by atoms with van der Waals surface area (Å²) < 4.78 is 5.16. The molecule has 16 heavy (non-hydrogen) atoms. The standard InChI is InChI=1S/C13H21NO2/c1-3-10-8-11(6-4-5-7-14)13(15)12(9-10)16-2/h8-9,15H,3-7,14H2,1-2H3. The molecule has 0 fully saturated rings. The summed E-state index contributed by atoms with van der Waals surface area (Å²) in [6, 6.07) is 3.94. The average molecular weight is 223 g/mol. The van der Waals surface area contributed by atoms with Gasteiger partial charge in [-0.25, -0.2) is 0 Å². The van der Waals surface area contributed by atoms with Gasteiger partial charge in [0.2, 0.25) is 0 Å². The topological polar surface area (TPSA) is 55.5 Å². The molecule has 0 aliphatic rings. The van der Waals surface area contributed by atoms with E-state index in [0.717, 1.165) is 31.2 Å². The summed E-state index contributed by atoms with van der Waals surface area (Å²) in [5.74, 6) is 0.846. The molecule has 0 aliphatic carbocycles. The number of methoxy groups -OCH3 is 1. The Morgan fingerprint density at radius 2 is 2.06 bits per heavy atom. The van der Waals surface area contributed by atoms with Crippen LogP contribution in [0.3, 0.4) is 0 Å². The number of aromatic hydroxyl groups is 1. The van der Waals surface area contributed by atoms with E-state index >= 15 is 0 Å². The number of unbranched alkanes of at least 4 members (excludes halogenated alkanes) is 1. The highest BCUT2D eigenvalue weighted by molar-refractivity contribution is 5.48. The zero-order valence-electron chi connectivity index (χ0n) is 10.1. The fourth-order valence-electron chi connectivity index (χ4n) is 1.74. The van der Waals surface area contributed by atoms with Crippen molar-refractivity contribution in [3.63, 3.8) is 0 Å². The van der Waals surface area contributed by atoms with Crippen LogP contribution in [0, 0.1) is 0 Å². The second kappa shape index (κ2) is 6.38. The molecule has 1 aromatic rings. The maximum atomic E-state index is 9.95. The number of hydrogen-bond donors (Lipinski definition) is 2. The van der Waals surface area contributed by atoms with Gasteiger partial charge in [0.1, 0.15) is 0 Å². The number of benzene rings is 1. The van der Waals surface area contributed by atoms with Crippen molar-refractivity contribution in [1.82, 2.24) is 0 Å². The summed E-state index contributed by atoms with van der Waals surface area (Å²) >= 11 is 0. The molecule has 3 N–H and O–H groups in total. The minimum atomic E-state index is 0.275. The number of rotatable bonds is 6. The molecule has 0 spiro atoms. The van der Waals surface area contributed by atoms with Gasteiger partial charge in [0.15, 0.2) is 11.5 Å². The average Bonchev–Trinajstić information content (AvgIpc) is 2.31. The molecule has 0 radical (unpaired) electrons. The first-order chi connectivity index (χ1) is 7.72. The number of nitrogens with two attached hydrogens (primary N) is 1. The molecule has 1 aromatic carbocycles. The van der Waals surface area contributed by atoms with Gasteiger partial charge >= 0.3 is 0 Å². The Kier molecular flexibility index (Phi) is 5.12. The van der Waals surface area contributed by atoms with Crippen molar-refractivity contribution < 1.29 is 9.84 Å². The molecule has 0 saturated heterocycles. The highest BCUT2D eigenvalue weighted by Gasteiger charge is 2.09. The molecular formula is C13H21NO2. The monoisotopic (exact) mass is 223 g/mol. The van der Waals surface area contributed by atoms with E-state index in [0.29, 0.717) is 12.3 Å². The van der Waals surface area contributed by atoms with Crippen LogP contribution in [-0.4, -0.2) is 18.8 Å². The zero-order valence-corrected chi connectivity index (χ0v) is 10.1. The number of phenols is 1. The molecule has 3 heteroatoms. The van der Waals surface area contributed by atoms with Crippen LogP contribution < -0.4 is 10.5 Å². The summed E-state index contributed by atoms with van der Waals surface area (Å²) in [5, 5.41) is 9.95. The van der Waals surface area contributed by atoms with E-state index in [9.17, 15) is 5.11 Å². The van der Waals surface area contributed by atoms with E-state index in [2.05, 4.69) is 6.92 Å². The first-order valence-corrected chi connectivity index (χ1v) is 5.81. The maximum Gasteiger partial charge on any atom is 0.161 e. The van der Waals surface area contributed by atoms with E-state index in [1.54, 1.807) is 7.11 Å². The second-order valence-corrected chi connectivity index (χ2v) is 3.91. The van der Waals surface area contributed by atoms with Crippen LogP contribution in [-0.2, 0) is 12.8 Å². The smallest absolute Gasteiger partial charge is 0.161 e. The van der Waals surface area contributed by atoms with Crippen LogP contribution in [0.1, 0.15) is 30.9 Å². The Balaban J connectivity index is 2.88. The summed E-state index contributed by atoms with van der Waals surface area (Å²) in [5.41, 5.74) is 7.61. The second-order valence-electron chi connectivity index (χ2n) is 3.91. The third-order valence-corrected chi connectivity index (χ3v) is 2.74. The molecule has 0 heterocycles. The third-order valence-electron chi connectivity index (χ3n) is 2.74. The molecule has 0 amide bonds. The van der Waals surface area contributed by atoms with Gasteiger partial charge in [-0.3, -0.25) is 0 Å². The molecule has 0 unspecified atom stereocenters. The van der Waals surface area contributed by atoms with Crippen molar-refractivity contribution in [1.29, 1.82) is 0 Å². The van der Waals surface area contributed by atoms with Crippen LogP contribution in [0.5, 0.6) is 11.5 Å². The molecule has 3 nitrogen and oxygen atoms in total. The molecule has 0 aromatic heterocycles. The van der Waals surface area contributed by atoms with Crippen molar-refractivity contribution in [2.24, 2.45) is 5.73 Å². The summed E-state index contributed by atoms with van der Waals surface area (Å²) in [7, 11) is 1.58. The summed E-state index contributed by atoms with van der Waals surface area (Å²) in [6.45, 7) is 2.79. The molecular weight excluding hydrogens is 202 g/mol. The van der Waals surface area contributed by atoms with Crippen LogP contribution in [0.25, 0.3) is 0 Å². The first-order valence-electron chi connectivity index (χ1n) is 5.81. The van der Waals surface area contributed by atoms with Crippen LogP contribution in [0.4, 0.5) is 0 Å². The predicted molar refractivity (Wildman–Crippen MR) is 66.0 cm³/mol. The van der Waals surface area contributed by atoms with E-state index in [4.69, 9.17) is 10.5 Å². The van der Waals surface area contributed by atoms with Crippen molar-refractivity contribution >= 4 is 0 Å². The van der Waals surface area contributed by atoms with Gasteiger partial charge < -0.3 is 15.6 Å². The molecule has 0 atom stereocenters. The van der Waals surface area contributed by atoms with Crippen molar-refractivity contribution in [3.8, 4) is 11.5 Å². The summed E-state index contributed by atoms with van der Waals surface area (Å²) in [4.78, 5) is 0. The highest BCUT2D eigenvalue weighted by atomic mass is 16.5. The number of ether oxygens (including phenoxy) is 1. The number of hydrogen-bond acceptors (Lipinski definition) is 3. The van der Waals surface area contributed by atoms with Crippen LogP contribution in [0.15, 0.2) is 12.1 Å².